The Morgan fingerprint density at radius 2 is 1.20 bits per heavy atom. The van der Waals surface area contributed by atoms with Gasteiger partial charge in [-0.05, 0) is 51.9 Å². The molecule has 0 unspecified atom stereocenters. The molecule has 56 heavy (non-hydrogen) atoms. The summed E-state index contributed by atoms with van der Waals surface area (Å²) in [6, 6.07) is -7.24. The van der Waals surface area contributed by atoms with Crippen molar-refractivity contribution in [3.63, 3.8) is 0 Å². The van der Waals surface area contributed by atoms with Gasteiger partial charge in [0.15, 0.2) is 0 Å². The normalized spacial score (nSPS) is 16.2. The number of carboxylic acid groups (broad SMARTS) is 3. The van der Waals surface area contributed by atoms with Gasteiger partial charge in [0, 0.05) is 19.4 Å². The van der Waals surface area contributed by atoms with Crippen molar-refractivity contribution in [2.24, 2.45) is 11.7 Å². The van der Waals surface area contributed by atoms with Crippen molar-refractivity contribution in [1.82, 2.24) is 42.1 Å². The number of nitrogens with zero attached hydrogens (tertiary/aromatic N) is 1. The van der Waals surface area contributed by atoms with Crippen LogP contribution in [0.2, 0.25) is 0 Å². The first-order valence-electron chi connectivity index (χ1n) is 17.9. The van der Waals surface area contributed by atoms with Gasteiger partial charge in [0.05, 0.1) is 19.1 Å². The summed E-state index contributed by atoms with van der Waals surface area (Å²) >= 11 is 0. The van der Waals surface area contributed by atoms with Crippen molar-refractivity contribution in [3.05, 3.63) is 0 Å². The lowest BCUT2D eigenvalue weighted by molar-refractivity contribution is -0.142. The first kappa shape index (κ1) is 48.1. The van der Waals surface area contributed by atoms with Crippen LogP contribution in [-0.2, 0) is 52.7 Å². The number of amides is 8. The van der Waals surface area contributed by atoms with Gasteiger partial charge in [-0.1, -0.05) is 13.8 Å². The van der Waals surface area contributed by atoms with Gasteiger partial charge in [0.2, 0.25) is 47.3 Å². The number of hydrogen-bond acceptors (Lipinski definition) is 12. The molecule has 0 aliphatic carbocycles. The molecule has 1 saturated heterocycles. The molecule has 0 aromatic heterocycles. The number of nitrogens with one attached hydrogen (secondary N) is 7. The molecule has 1 heterocycles. The van der Waals surface area contributed by atoms with E-state index in [-0.39, 0.29) is 38.1 Å². The molecule has 23 heteroatoms. The number of aliphatic carboxylic acids is 3. The Balaban J connectivity index is 2.83. The maximum absolute atomic E-state index is 13.3. The maximum atomic E-state index is 13.3. The van der Waals surface area contributed by atoms with E-state index in [4.69, 9.17) is 15.9 Å². The minimum absolute atomic E-state index is 0.107. The van der Waals surface area contributed by atoms with Crippen LogP contribution in [0.5, 0.6) is 0 Å². The first-order chi connectivity index (χ1) is 26.1. The molecular weight excluding hydrogens is 746 g/mol. The highest BCUT2D eigenvalue weighted by Crippen LogP contribution is 2.19. The Labute approximate surface area is 322 Å². The molecule has 1 aliphatic heterocycles. The quantitative estimate of drug-likeness (QED) is 0.0438. The van der Waals surface area contributed by atoms with Crippen molar-refractivity contribution in [2.75, 3.05) is 26.2 Å². The zero-order chi connectivity index (χ0) is 42.7. The third kappa shape index (κ3) is 18.0. The summed E-state index contributed by atoms with van der Waals surface area (Å²) in [7, 11) is 0. The fraction of sp³-hybridized carbons (Fsp3) is 0.667. The summed E-state index contributed by atoms with van der Waals surface area (Å²) in [5.74, 6) is -10.2. The lowest BCUT2D eigenvalue weighted by atomic mass is 10.0. The molecule has 314 valence electrons. The number of likely N-dealkylation sites (tertiary alicyclic amines) is 1. The van der Waals surface area contributed by atoms with Crippen LogP contribution in [0.4, 0.5) is 0 Å². The smallest absolute Gasteiger partial charge is 0.322 e. The van der Waals surface area contributed by atoms with Crippen molar-refractivity contribution in [1.29, 1.82) is 0 Å². The van der Waals surface area contributed by atoms with Gasteiger partial charge in [-0.25, -0.2) is 0 Å². The van der Waals surface area contributed by atoms with Crippen LogP contribution in [-0.4, -0.2) is 148 Å². The van der Waals surface area contributed by atoms with Crippen LogP contribution in [0.15, 0.2) is 0 Å². The fourth-order valence-corrected chi connectivity index (χ4v) is 5.35. The molecule has 0 aromatic rings. The second kappa shape index (κ2) is 23.8. The van der Waals surface area contributed by atoms with Crippen molar-refractivity contribution in [3.8, 4) is 0 Å². The van der Waals surface area contributed by atoms with Crippen LogP contribution in [0, 0.1) is 5.92 Å². The highest BCUT2D eigenvalue weighted by molar-refractivity contribution is 5.97. The van der Waals surface area contributed by atoms with E-state index in [1.54, 1.807) is 13.8 Å². The number of rotatable bonds is 24. The van der Waals surface area contributed by atoms with E-state index in [2.05, 4.69) is 37.2 Å². The Hall–Kier alpha value is -5.87. The van der Waals surface area contributed by atoms with E-state index in [9.17, 15) is 57.8 Å². The van der Waals surface area contributed by atoms with Crippen LogP contribution < -0.4 is 43.0 Å². The Morgan fingerprint density at radius 1 is 0.625 bits per heavy atom. The summed E-state index contributed by atoms with van der Waals surface area (Å²) in [5.41, 5.74) is 5.74. The summed E-state index contributed by atoms with van der Waals surface area (Å²) in [5, 5.41) is 43.0. The predicted octanol–water partition coefficient (Wildman–Crippen LogP) is -4.51. The van der Waals surface area contributed by atoms with Gasteiger partial charge in [0.1, 0.15) is 36.8 Å². The number of hydrogen-bond donors (Lipinski definition) is 11. The molecule has 1 aliphatic rings. The maximum Gasteiger partial charge on any atom is 0.322 e. The van der Waals surface area contributed by atoms with E-state index in [1.807, 2.05) is 0 Å². The van der Waals surface area contributed by atoms with Gasteiger partial charge >= 0.3 is 17.9 Å². The molecule has 23 nitrogen and oxygen atoms in total. The number of carbonyl (C=O) groups excluding carboxylic acids is 8. The zero-order valence-corrected chi connectivity index (χ0v) is 31.7. The molecule has 0 saturated carbocycles. The Kier molecular flexibility index (Phi) is 20.5. The molecule has 6 atom stereocenters. The van der Waals surface area contributed by atoms with Crippen molar-refractivity contribution >= 4 is 65.2 Å². The van der Waals surface area contributed by atoms with E-state index in [0.717, 1.165) is 0 Å². The number of carboxylic acids is 3. The van der Waals surface area contributed by atoms with Crippen molar-refractivity contribution in [2.45, 2.75) is 109 Å². The molecule has 1 fully saturated rings. The van der Waals surface area contributed by atoms with Crippen LogP contribution in [0.3, 0.4) is 0 Å². The number of carbonyl (C=O) groups is 11. The van der Waals surface area contributed by atoms with E-state index in [1.165, 1.54) is 18.7 Å². The SMILES string of the molecule is CC(C)C[C@H](NC(=O)[C@@H](N)CCC(=O)O)C(=O)NCC(=O)N[C@@H](CCC(=O)O)C(=O)N[C@@H](C)C(=O)N1CCC[C@H]1C(=O)NCC(=O)N[C@@H](C)C(=O)NCC(=O)O. The van der Waals surface area contributed by atoms with Gasteiger partial charge in [-0.15, -0.1) is 0 Å². The second-order valence-corrected chi connectivity index (χ2v) is 13.5. The second-order valence-electron chi connectivity index (χ2n) is 13.5. The molecular formula is C33H53N9O14. The lowest BCUT2D eigenvalue weighted by Crippen LogP contribution is -2.57. The third-order valence-corrected chi connectivity index (χ3v) is 8.24. The predicted molar refractivity (Wildman–Crippen MR) is 192 cm³/mol. The lowest BCUT2D eigenvalue weighted by Gasteiger charge is -2.28. The minimum atomic E-state index is -1.48. The summed E-state index contributed by atoms with van der Waals surface area (Å²) in [6.45, 7) is 4.35. The van der Waals surface area contributed by atoms with E-state index in [0.29, 0.717) is 6.42 Å². The van der Waals surface area contributed by atoms with E-state index >= 15 is 0 Å². The van der Waals surface area contributed by atoms with Crippen LogP contribution >= 0.6 is 0 Å². The molecule has 0 aromatic carbocycles. The average Bonchev–Trinajstić information content (AvgIpc) is 3.61. The van der Waals surface area contributed by atoms with Gasteiger partial charge in [-0.3, -0.25) is 52.7 Å². The zero-order valence-electron chi connectivity index (χ0n) is 31.7. The van der Waals surface area contributed by atoms with Crippen LogP contribution in [0.1, 0.15) is 72.6 Å². The van der Waals surface area contributed by atoms with Crippen LogP contribution in [0.25, 0.3) is 0 Å². The molecule has 0 radical (unpaired) electrons. The number of nitrogens with two attached hydrogens (primary N) is 1. The third-order valence-electron chi connectivity index (χ3n) is 8.24. The summed E-state index contributed by atoms with van der Waals surface area (Å²) in [4.78, 5) is 136. The fourth-order valence-electron chi connectivity index (χ4n) is 5.35. The molecule has 0 spiro atoms. The molecule has 0 bridgehead atoms. The monoisotopic (exact) mass is 799 g/mol. The molecule has 8 amide bonds. The minimum Gasteiger partial charge on any atom is -0.481 e. The Bertz CT molecular complexity index is 1490. The van der Waals surface area contributed by atoms with Gasteiger partial charge in [-0.2, -0.15) is 0 Å². The standard InChI is InChI=1S/C33H53N9O14/c1-16(2)12-21(41-29(52)19(34)7-9-25(45)46)30(53)35-14-24(44)40-20(8-10-26(47)48)31(54)39-18(4)33(56)42-11-5-6-22(42)32(55)36-13-23(43)38-17(3)28(51)37-15-27(49)50/h16-22H,5-15,34H2,1-4H3,(H,35,53)(H,36,55)(H,37,51)(H,38,43)(H,39,54)(H,40,44)(H,41,52)(H,45,46)(H,47,48)(H,49,50)/t17-,18-,19-,20-,21-,22-/m0/s1. The first-order valence-corrected chi connectivity index (χ1v) is 17.9. The molecule has 12 N–H and O–H groups in total. The summed E-state index contributed by atoms with van der Waals surface area (Å²) < 4.78 is 0. The largest absolute Gasteiger partial charge is 0.481 e. The van der Waals surface area contributed by atoms with Crippen molar-refractivity contribution < 1.29 is 68.1 Å². The summed E-state index contributed by atoms with van der Waals surface area (Å²) in [6.07, 6.45) is -0.769. The highest BCUT2D eigenvalue weighted by atomic mass is 16.4. The van der Waals surface area contributed by atoms with Gasteiger partial charge in [0.25, 0.3) is 0 Å². The molecule has 1 rings (SSSR count). The topological polar surface area (TPSA) is 362 Å². The average molecular weight is 800 g/mol. The highest BCUT2D eigenvalue weighted by Gasteiger charge is 2.37. The Morgan fingerprint density at radius 3 is 1.79 bits per heavy atom. The van der Waals surface area contributed by atoms with E-state index < -0.39 is 134 Å². The van der Waals surface area contributed by atoms with Gasteiger partial charge < -0.3 is 63.2 Å².